The van der Waals surface area contributed by atoms with Gasteiger partial charge < -0.3 is 10.8 Å². The lowest BCUT2D eigenvalue weighted by molar-refractivity contribution is 0.463. The molecule has 0 unspecified atom stereocenters. The average Bonchev–Trinajstić information content (AvgIpc) is 1.99. The van der Waals surface area contributed by atoms with Gasteiger partial charge in [-0.3, -0.25) is 0 Å². The zero-order chi connectivity index (χ0) is 8.43. The van der Waals surface area contributed by atoms with E-state index in [4.69, 9.17) is 5.73 Å². The van der Waals surface area contributed by atoms with Crippen molar-refractivity contribution in [3.8, 4) is 5.75 Å². The van der Waals surface area contributed by atoms with Crippen molar-refractivity contribution in [1.29, 1.82) is 0 Å². The number of hydrogen-bond acceptors (Lipinski definition) is 2. The van der Waals surface area contributed by atoms with Gasteiger partial charge >= 0.3 is 0 Å². The fraction of sp³-hybridized carbons (Fsp3) is 0.333. The largest absolute Gasteiger partial charge is 0.507 e. The van der Waals surface area contributed by atoms with Crippen molar-refractivity contribution in [3.05, 3.63) is 28.8 Å². The number of nitrogens with two attached hydrogens (primary N) is 1. The third-order valence-electron chi connectivity index (χ3n) is 1.92. The molecule has 0 aromatic heterocycles. The average molecular weight is 151 g/mol. The van der Waals surface area contributed by atoms with Crippen LogP contribution in [0.25, 0.3) is 0 Å². The van der Waals surface area contributed by atoms with Gasteiger partial charge in [0, 0.05) is 12.1 Å². The minimum Gasteiger partial charge on any atom is -0.507 e. The molecular formula is C9H13NO. The van der Waals surface area contributed by atoms with E-state index in [-0.39, 0.29) is 0 Å². The molecule has 60 valence electrons. The number of aryl methyl sites for hydroxylation is 2. The maximum absolute atomic E-state index is 9.50. The number of phenols is 1. The Morgan fingerprint density at radius 2 is 1.82 bits per heavy atom. The van der Waals surface area contributed by atoms with Gasteiger partial charge in [-0.1, -0.05) is 12.1 Å². The first-order valence-electron chi connectivity index (χ1n) is 3.65. The van der Waals surface area contributed by atoms with E-state index in [0.29, 0.717) is 12.3 Å². The quantitative estimate of drug-likeness (QED) is 0.638. The molecule has 0 saturated carbocycles. The Kier molecular flexibility index (Phi) is 2.15. The van der Waals surface area contributed by atoms with Crippen molar-refractivity contribution < 1.29 is 5.11 Å². The van der Waals surface area contributed by atoms with Gasteiger partial charge in [0.1, 0.15) is 5.75 Å². The third kappa shape index (κ3) is 1.35. The standard InChI is InChI=1S/C9H13NO/c1-6-3-4-7(2)9(11)8(6)5-10/h3-4,11H,5,10H2,1-2H3. The monoisotopic (exact) mass is 151 g/mol. The molecule has 0 aliphatic heterocycles. The lowest BCUT2D eigenvalue weighted by Crippen LogP contribution is -2.00. The molecule has 0 heterocycles. The van der Waals surface area contributed by atoms with E-state index in [0.717, 1.165) is 16.7 Å². The van der Waals surface area contributed by atoms with Crippen LogP contribution in [0.15, 0.2) is 12.1 Å². The zero-order valence-corrected chi connectivity index (χ0v) is 6.89. The lowest BCUT2D eigenvalue weighted by Gasteiger charge is -2.07. The van der Waals surface area contributed by atoms with Gasteiger partial charge in [-0.05, 0) is 25.0 Å². The summed E-state index contributed by atoms with van der Waals surface area (Å²) in [6.07, 6.45) is 0. The second kappa shape index (κ2) is 2.93. The van der Waals surface area contributed by atoms with Gasteiger partial charge in [0.15, 0.2) is 0 Å². The summed E-state index contributed by atoms with van der Waals surface area (Å²) in [6, 6.07) is 3.86. The predicted octanol–water partition coefficient (Wildman–Crippen LogP) is 1.47. The van der Waals surface area contributed by atoms with E-state index in [1.165, 1.54) is 0 Å². The van der Waals surface area contributed by atoms with Crippen molar-refractivity contribution >= 4 is 0 Å². The van der Waals surface area contributed by atoms with Gasteiger partial charge in [0.2, 0.25) is 0 Å². The molecule has 0 bridgehead atoms. The van der Waals surface area contributed by atoms with E-state index in [1.54, 1.807) is 0 Å². The van der Waals surface area contributed by atoms with E-state index in [9.17, 15) is 5.11 Å². The van der Waals surface area contributed by atoms with E-state index >= 15 is 0 Å². The normalized spacial score (nSPS) is 10.1. The number of benzene rings is 1. The SMILES string of the molecule is Cc1ccc(C)c(CN)c1O. The Balaban J connectivity index is 3.29. The van der Waals surface area contributed by atoms with Gasteiger partial charge in [-0.15, -0.1) is 0 Å². The molecule has 0 aliphatic carbocycles. The Bertz CT molecular complexity index is 269. The van der Waals surface area contributed by atoms with Gasteiger partial charge in [-0.25, -0.2) is 0 Å². The molecule has 0 atom stereocenters. The van der Waals surface area contributed by atoms with Crippen LogP contribution in [0.1, 0.15) is 16.7 Å². The van der Waals surface area contributed by atoms with Crippen LogP contribution in [0.4, 0.5) is 0 Å². The highest BCUT2D eigenvalue weighted by Crippen LogP contribution is 2.23. The summed E-state index contributed by atoms with van der Waals surface area (Å²) in [5, 5.41) is 9.50. The maximum atomic E-state index is 9.50. The number of phenolic OH excluding ortho intramolecular Hbond substituents is 1. The van der Waals surface area contributed by atoms with Crippen molar-refractivity contribution in [2.75, 3.05) is 0 Å². The third-order valence-corrected chi connectivity index (χ3v) is 1.92. The number of rotatable bonds is 1. The van der Waals surface area contributed by atoms with Crippen LogP contribution in [0.3, 0.4) is 0 Å². The molecule has 0 saturated heterocycles. The van der Waals surface area contributed by atoms with Gasteiger partial charge in [0.05, 0.1) is 0 Å². The van der Waals surface area contributed by atoms with Crippen molar-refractivity contribution in [2.24, 2.45) is 5.73 Å². The Hall–Kier alpha value is -1.02. The van der Waals surface area contributed by atoms with Crippen LogP contribution < -0.4 is 5.73 Å². The summed E-state index contributed by atoms with van der Waals surface area (Å²) in [7, 11) is 0. The maximum Gasteiger partial charge on any atom is 0.123 e. The smallest absolute Gasteiger partial charge is 0.123 e. The van der Waals surface area contributed by atoms with Crippen molar-refractivity contribution in [3.63, 3.8) is 0 Å². The van der Waals surface area contributed by atoms with Crippen LogP contribution in [0.2, 0.25) is 0 Å². The Morgan fingerprint density at radius 1 is 1.27 bits per heavy atom. The van der Waals surface area contributed by atoms with Gasteiger partial charge in [0.25, 0.3) is 0 Å². The van der Waals surface area contributed by atoms with E-state index in [1.807, 2.05) is 26.0 Å². The van der Waals surface area contributed by atoms with E-state index in [2.05, 4.69) is 0 Å². The summed E-state index contributed by atoms with van der Waals surface area (Å²) in [4.78, 5) is 0. The fourth-order valence-corrected chi connectivity index (χ4v) is 1.11. The highest BCUT2D eigenvalue weighted by molar-refractivity contribution is 5.44. The lowest BCUT2D eigenvalue weighted by atomic mass is 10.0. The van der Waals surface area contributed by atoms with Gasteiger partial charge in [-0.2, -0.15) is 0 Å². The highest BCUT2D eigenvalue weighted by atomic mass is 16.3. The molecule has 2 heteroatoms. The minimum absolute atomic E-state index is 0.340. The summed E-state index contributed by atoms with van der Waals surface area (Å²) < 4.78 is 0. The molecule has 0 spiro atoms. The first-order valence-corrected chi connectivity index (χ1v) is 3.65. The van der Waals surface area contributed by atoms with Crippen LogP contribution in [0.5, 0.6) is 5.75 Å². The molecule has 0 radical (unpaired) electrons. The molecule has 1 rings (SSSR count). The summed E-state index contributed by atoms with van der Waals surface area (Å²) >= 11 is 0. The first kappa shape index (κ1) is 8.08. The predicted molar refractivity (Wildman–Crippen MR) is 45.5 cm³/mol. The topological polar surface area (TPSA) is 46.2 Å². The highest BCUT2D eigenvalue weighted by Gasteiger charge is 2.04. The molecule has 0 aliphatic rings. The molecule has 0 amide bonds. The summed E-state index contributed by atoms with van der Waals surface area (Å²) in [6.45, 7) is 4.22. The van der Waals surface area contributed by atoms with Crippen molar-refractivity contribution in [1.82, 2.24) is 0 Å². The second-order valence-corrected chi connectivity index (χ2v) is 2.73. The molecule has 11 heavy (non-hydrogen) atoms. The molecule has 1 aromatic rings. The van der Waals surface area contributed by atoms with E-state index < -0.39 is 0 Å². The molecular weight excluding hydrogens is 138 g/mol. The van der Waals surface area contributed by atoms with Crippen LogP contribution in [-0.4, -0.2) is 5.11 Å². The fourth-order valence-electron chi connectivity index (χ4n) is 1.11. The first-order chi connectivity index (χ1) is 5.16. The summed E-state index contributed by atoms with van der Waals surface area (Å²) in [5.41, 5.74) is 8.25. The molecule has 2 nitrogen and oxygen atoms in total. The number of aromatic hydroxyl groups is 1. The molecule has 0 fully saturated rings. The Morgan fingerprint density at radius 3 is 2.27 bits per heavy atom. The molecule has 3 N–H and O–H groups in total. The minimum atomic E-state index is 0.340. The summed E-state index contributed by atoms with van der Waals surface area (Å²) in [5.74, 6) is 0.340. The van der Waals surface area contributed by atoms with Crippen LogP contribution in [0, 0.1) is 13.8 Å². The van der Waals surface area contributed by atoms with Crippen LogP contribution >= 0.6 is 0 Å². The molecule has 1 aromatic carbocycles. The van der Waals surface area contributed by atoms with Crippen molar-refractivity contribution in [2.45, 2.75) is 20.4 Å². The zero-order valence-electron chi connectivity index (χ0n) is 6.89. The second-order valence-electron chi connectivity index (χ2n) is 2.73. The van der Waals surface area contributed by atoms with Crippen LogP contribution in [-0.2, 0) is 6.54 Å². The number of hydrogen-bond donors (Lipinski definition) is 2. The Labute approximate surface area is 66.7 Å².